The van der Waals surface area contributed by atoms with E-state index < -0.39 is 6.10 Å². The first-order valence-corrected chi connectivity index (χ1v) is 5.96. The first kappa shape index (κ1) is 13.7. The van der Waals surface area contributed by atoms with Gasteiger partial charge in [-0.2, -0.15) is 0 Å². The average molecular weight is 235 g/mol. The van der Waals surface area contributed by atoms with Gasteiger partial charge in [0.05, 0.1) is 6.10 Å². The Morgan fingerprint density at radius 2 is 2.00 bits per heavy atom. The molecule has 17 heavy (non-hydrogen) atoms. The van der Waals surface area contributed by atoms with Crippen LogP contribution in [0.5, 0.6) is 0 Å². The zero-order chi connectivity index (χ0) is 13.0. The van der Waals surface area contributed by atoms with E-state index in [0.717, 1.165) is 11.1 Å². The third kappa shape index (κ3) is 4.19. The Kier molecular flexibility index (Phi) is 4.70. The lowest BCUT2D eigenvalue weighted by atomic mass is 10.0. The van der Waals surface area contributed by atoms with Crippen molar-refractivity contribution in [1.82, 2.24) is 5.32 Å². The fourth-order valence-electron chi connectivity index (χ4n) is 1.85. The van der Waals surface area contributed by atoms with Crippen molar-refractivity contribution in [1.29, 1.82) is 0 Å². The molecule has 3 nitrogen and oxygen atoms in total. The van der Waals surface area contributed by atoms with Gasteiger partial charge in [0.15, 0.2) is 0 Å². The maximum Gasteiger partial charge on any atom is 0.251 e. The molecular formula is C14H21NO2. The van der Waals surface area contributed by atoms with E-state index in [1.165, 1.54) is 0 Å². The molecule has 0 aromatic heterocycles. The highest BCUT2D eigenvalue weighted by atomic mass is 16.3. The summed E-state index contributed by atoms with van der Waals surface area (Å²) in [6.45, 7) is 7.51. The van der Waals surface area contributed by atoms with Crippen LogP contribution in [0.15, 0.2) is 18.2 Å². The summed E-state index contributed by atoms with van der Waals surface area (Å²) in [4.78, 5) is 12.0. The fourth-order valence-corrected chi connectivity index (χ4v) is 1.85. The van der Waals surface area contributed by atoms with Crippen molar-refractivity contribution in [2.24, 2.45) is 0 Å². The van der Waals surface area contributed by atoms with Crippen LogP contribution < -0.4 is 5.32 Å². The van der Waals surface area contributed by atoms with Gasteiger partial charge < -0.3 is 10.4 Å². The van der Waals surface area contributed by atoms with E-state index in [2.05, 4.69) is 5.32 Å². The molecule has 0 saturated heterocycles. The van der Waals surface area contributed by atoms with Gasteiger partial charge in [-0.05, 0) is 45.7 Å². The summed E-state index contributed by atoms with van der Waals surface area (Å²) in [5, 5.41) is 12.2. The molecular weight excluding hydrogens is 214 g/mol. The molecule has 0 radical (unpaired) electrons. The number of nitrogens with one attached hydrogen (secondary N) is 1. The van der Waals surface area contributed by atoms with Crippen molar-refractivity contribution in [2.45, 2.75) is 46.3 Å². The number of carbonyl (C=O) groups excluding carboxylic acids is 1. The number of aliphatic hydroxyl groups is 1. The van der Waals surface area contributed by atoms with Gasteiger partial charge in [-0.3, -0.25) is 4.79 Å². The molecule has 0 aliphatic carbocycles. The molecule has 1 aromatic rings. The van der Waals surface area contributed by atoms with Crippen molar-refractivity contribution in [3.05, 3.63) is 34.9 Å². The van der Waals surface area contributed by atoms with Gasteiger partial charge in [-0.1, -0.05) is 17.7 Å². The highest BCUT2D eigenvalue weighted by molar-refractivity contribution is 5.95. The molecule has 0 aliphatic rings. The number of carbonyl (C=O) groups is 1. The van der Waals surface area contributed by atoms with Crippen LogP contribution in [0.1, 0.15) is 41.8 Å². The highest BCUT2D eigenvalue weighted by Gasteiger charge is 2.13. The summed E-state index contributed by atoms with van der Waals surface area (Å²) in [6, 6.07) is 5.80. The lowest BCUT2D eigenvalue weighted by Crippen LogP contribution is -2.35. The van der Waals surface area contributed by atoms with Crippen LogP contribution in [0.2, 0.25) is 0 Å². The lowest BCUT2D eigenvalue weighted by Gasteiger charge is -2.16. The second-order valence-electron chi connectivity index (χ2n) is 4.78. The molecule has 1 rings (SSSR count). The average Bonchev–Trinajstić information content (AvgIpc) is 2.20. The Labute approximate surface area is 103 Å². The van der Waals surface area contributed by atoms with Crippen LogP contribution in [0.3, 0.4) is 0 Å². The molecule has 0 bridgehead atoms. The van der Waals surface area contributed by atoms with E-state index in [1.807, 2.05) is 39.0 Å². The maximum absolute atomic E-state index is 12.0. The van der Waals surface area contributed by atoms with Gasteiger partial charge in [0.1, 0.15) is 0 Å². The van der Waals surface area contributed by atoms with Gasteiger partial charge >= 0.3 is 0 Å². The summed E-state index contributed by atoms with van der Waals surface area (Å²) in [5.41, 5.74) is 2.75. The molecule has 1 aromatic carbocycles. The minimum atomic E-state index is -0.399. The Morgan fingerprint density at radius 3 is 2.59 bits per heavy atom. The van der Waals surface area contributed by atoms with Crippen LogP contribution in [0.25, 0.3) is 0 Å². The van der Waals surface area contributed by atoms with E-state index >= 15 is 0 Å². The summed E-state index contributed by atoms with van der Waals surface area (Å²) in [6.07, 6.45) is 0.167. The van der Waals surface area contributed by atoms with Gasteiger partial charge in [0.25, 0.3) is 5.91 Å². The maximum atomic E-state index is 12.0. The Bertz CT molecular complexity index is 399. The second kappa shape index (κ2) is 5.82. The van der Waals surface area contributed by atoms with Gasteiger partial charge in [-0.25, -0.2) is 0 Å². The molecule has 0 saturated carbocycles. The number of rotatable bonds is 4. The predicted molar refractivity (Wildman–Crippen MR) is 69.1 cm³/mol. The summed E-state index contributed by atoms with van der Waals surface area (Å²) < 4.78 is 0. The van der Waals surface area contributed by atoms with Crippen LogP contribution in [0.4, 0.5) is 0 Å². The van der Waals surface area contributed by atoms with E-state index in [-0.39, 0.29) is 11.9 Å². The molecule has 3 heteroatoms. The van der Waals surface area contributed by atoms with Crippen LogP contribution in [-0.4, -0.2) is 23.2 Å². The van der Waals surface area contributed by atoms with E-state index in [1.54, 1.807) is 6.92 Å². The zero-order valence-electron chi connectivity index (χ0n) is 10.9. The molecule has 94 valence electrons. The first-order chi connectivity index (χ1) is 7.90. The molecule has 1 amide bonds. The SMILES string of the molecule is Cc1ccc(C)c(C(=O)NC(C)CC(C)O)c1. The standard InChI is InChI=1S/C14H21NO2/c1-9-5-6-10(2)13(7-9)14(17)15-11(3)8-12(4)16/h5-7,11-12,16H,8H2,1-4H3,(H,15,17). The predicted octanol–water partition coefficient (Wildman–Crippen LogP) is 2.19. The Hall–Kier alpha value is -1.35. The number of hydrogen-bond donors (Lipinski definition) is 2. The number of aryl methyl sites for hydroxylation is 2. The molecule has 2 N–H and O–H groups in total. The van der Waals surface area contributed by atoms with Crippen molar-refractivity contribution in [3.63, 3.8) is 0 Å². The van der Waals surface area contributed by atoms with E-state index in [0.29, 0.717) is 12.0 Å². The van der Waals surface area contributed by atoms with Crippen molar-refractivity contribution >= 4 is 5.91 Å². The number of aliphatic hydroxyl groups excluding tert-OH is 1. The van der Waals surface area contributed by atoms with Crippen molar-refractivity contribution < 1.29 is 9.90 Å². The van der Waals surface area contributed by atoms with Gasteiger partial charge in [0, 0.05) is 11.6 Å². The molecule has 0 fully saturated rings. The monoisotopic (exact) mass is 235 g/mol. The summed E-state index contributed by atoms with van der Waals surface area (Å²) in [7, 11) is 0. The van der Waals surface area contributed by atoms with Crippen molar-refractivity contribution in [2.75, 3.05) is 0 Å². The van der Waals surface area contributed by atoms with Crippen LogP contribution >= 0.6 is 0 Å². The van der Waals surface area contributed by atoms with Gasteiger partial charge in [0.2, 0.25) is 0 Å². The molecule has 2 atom stereocenters. The van der Waals surface area contributed by atoms with E-state index in [9.17, 15) is 9.90 Å². The zero-order valence-corrected chi connectivity index (χ0v) is 10.9. The number of amides is 1. The van der Waals surface area contributed by atoms with E-state index in [4.69, 9.17) is 0 Å². The minimum Gasteiger partial charge on any atom is -0.393 e. The first-order valence-electron chi connectivity index (χ1n) is 5.96. The lowest BCUT2D eigenvalue weighted by molar-refractivity contribution is 0.0922. The minimum absolute atomic E-state index is 0.0255. The topological polar surface area (TPSA) is 49.3 Å². The normalized spacial score (nSPS) is 14.2. The third-order valence-electron chi connectivity index (χ3n) is 2.71. The fraction of sp³-hybridized carbons (Fsp3) is 0.500. The highest BCUT2D eigenvalue weighted by Crippen LogP contribution is 2.11. The smallest absolute Gasteiger partial charge is 0.251 e. The Morgan fingerprint density at radius 1 is 1.35 bits per heavy atom. The summed E-state index contributed by atoms with van der Waals surface area (Å²) >= 11 is 0. The van der Waals surface area contributed by atoms with Crippen LogP contribution in [0, 0.1) is 13.8 Å². The largest absolute Gasteiger partial charge is 0.393 e. The summed E-state index contributed by atoms with van der Waals surface area (Å²) in [5.74, 6) is -0.0700. The second-order valence-corrected chi connectivity index (χ2v) is 4.78. The number of hydrogen-bond acceptors (Lipinski definition) is 2. The van der Waals surface area contributed by atoms with Crippen LogP contribution in [-0.2, 0) is 0 Å². The quantitative estimate of drug-likeness (QED) is 0.840. The van der Waals surface area contributed by atoms with Crippen molar-refractivity contribution in [3.8, 4) is 0 Å². The molecule has 0 aliphatic heterocycles. The molecule has 0 spiro atoms. The number of benzene rings is 1. The Balaban J connectivity index is 2.73. The van der Waals surface area contributed by atoms with Gasteiger partial charge in [-0.15, -0.1) is 0 Å². The molecule has 2 unspecified atom stereocenters. The third-order valence-corrected chi connectivity index (χ3v) is 2.71. The molecule has 0 heterocycles.